The average Bonchev–Trinajstić information content (AvgIpc) is 2.87. The van der Waals surface area contributed by atoms with Crippen molar-refractivity contribution in [2.24, 2.45) is 5.92 Å². The van der Waals surface area contributed by atoms with Gasteiger partial charge in [0, 0.05) is 18.1 Å². The lowest BCUT2D eigenvalue weighted by Gasteiger charge is -2.08. The van der Waals surface area contributed by atoms with Crippen LogP contribution in [0.5, 0.6) is 5.75 Å². The first-order valence-corrected chi connectivity index (χ1v) is 8.20. The number of amides is 1. The molecule has 0 spiro atoms. The zero-order valence-corrected chi connectivity index (χ0v) is 14.4. The minimum absolute atomic E-state index is 0.0944. The molecule has 1 unspecified atom stereocenters. The first-order valence-electron chi connectivity index (χ1n) is 8.20. The molecule has 0 saturated carbocycles. The number of hydrogen-bond donors (Lipinski definition) is 1. The van der Waals surface area contributed by atoms with Gasteiger partial charge in [-0.25, -0.2) is 0 Å². The molecule has 1 N–H and O–H groups in total. The maximum absolute atomic E-state index is 12.8. The Morgan fingerprint density at radius 2 is 1.73 bits per heavy atom. The Labute approximate surface area is 150 Å². The van der Waals surface area contributed by atoms with Crippen LogP contribution < -0.4 is 10.1 Å². The number of rotatable bonds is 5. The third kappa shape index (κ3) is 3.01. The predicted octanol–water partition coefficient (Wildman–Crippen LogP) is 2.92. The Hall–Kier alpha value is -3.28. The summed E-state index contributed by atoms with van der Waals surface area (Å²) >= 11 is 0. The first kappa shape index (κ1) is 17.5. The molecule has 6 heteroatoms. The quantitative estimate of drug-likeness (QED) is 0.661. The second-order valence-electron chi connectivity index (χ2n) is 5.89. The van der Waals surface area contributed by atoms with Gasteiger partial charge in [-0.3, -0.25) is 19.2 Å². The molecule has 0 fully saturated rings. The van der Waals surface area contributed by atoms with E-state index in [9.17, 15) is 19.2 Å². The molecule has 2 aromatic rings. The van der Waals surface area contributed by atoms with Crippen LogP contribution in [-0.2, 0) is 4.79 Å². The van der Waals surface area contributed by atoms with E-state index in [1.54, 1.807) is 18.2 Å². The highest BCUT2D eigenvalue weighted by atomic mass is 16.5. The van der Waals surface area contributed by atoms with Crippen LogP contribution in [0.4, 0.5) is 5.69 Å². The van der Waals surface area contributed by atoms with Crippen LogP contribution in [0.1, 0.15) is 44.9 Å². The lowest BCUT2D eigenvalue weighted by Crippen LogP contribution is -2.25. The van der Waals surface area contributed by atoms with Crippen LogP contribution in [-0.4, -0.2) is 29.9 Å². The van der Waals surface area contributed by atoms with E-state index in [1.165, 1.54) is 31.2 Å². The second kappa shape index (κ2) is 6.92. The van der Waals surface area contributed by atoms with Crippen LogP contribution in [0, 0.1) is 5.92 Å². The van der Waals surface area contributed by atoms with Gasteiger partial charge in [-0.05, 0) is 37.3 Å². The fraction of sp³-hybridized carbons (Fsp3) is 0.200. The van der Waals surface area contributed by atoms with Crippen LogP contribution in [0.25, 0.3) is 0 Å². The number of Topliss-reactive ketones (excluding diaryl/α,β-unsaturated/α-hetero) is 3. The number of hydrogen-bond acceptors (Lipinski definition) is 5. The SMILES string of the molecule is CCOc1ccc(C(=O)C2C(=O)c3cccc(NC(C)=O)c3C2=O)cc1. The summed E-state index contributed by atoms with van der Waals surface area (Å²) in [5, 5.41) is 2.54. The highest BCUT2D eigenvalue weighted by Gasteiger charge is 2.44. The van der Waals surface area contributed by atoms with Gasteiger partial charge in [0.1, 0.15) is 11.7 Å². The molecule has 132 valence electrons. The van der Waals surface area contributed by atoms with Gasteiger partial charge in [0.25, 0.3) is 0 Å². The first-order chi connectivity index (χ1) is 12.4. The Morgan fingerprint density at radius 1 is 1.04 bits per heavy atom. The summed E-state index contributed by atoms with van der Waals surface area (Å²) in [6, 6.07) is 10.9. The summed E-state index contributed by atoms with van der Waals surface area (Å²) in [6.45, 7) is 3.65. The van der Waals surface area contributed by atoms with Crippen molar-refractivity contribution in [3.8, 4) is 5.75 Å². The standard InChI is InChI=1S/C20H17NO5/c1-3-26-13-9-7-12(8-10-13)18(23)17-19(24)14-5-4-6-15(21-11(2)22)16(14)20(17)25/h4-10,17H,3H2,1-2H3,(H,21,22). The topological polar surface area (TPSA) is 89.5 Å². The average molecular weight is 351 g/mol. The van der Waals surface area contributed by atoms with Crippen LogP contribution in [0.2, 0.25) is 0 Å². The minimum Gasteiger partial charge on any atom is -0.494 e. The van der Waals surface area contributed by atoms with E-state index in [0.717, 1.165) is 0 Å². The number of fused-ring (bicyclic) bond motifs is 1. The summed E-state index contributed by atoms with van der Waals surface area (Å²) in [5.74, 6) is -2.88. The van der Waals surface area contributed by atoms with Gasteiger partial charge >= 0.3 is 0 Å². The van der Waals surface area contributed by atoms with E-state index in [4.69, 9.17) is 4.74 Å². The number of carbonyl (C=O) groups excluding carboxylic acids is 4. The number of ether oxygens (including phenoxy) is 1. The molecule has 0 radical (unpaired) electrons. The zero-order chi connectivity index (χ0) is 18.8. The number of ketones is 3. The van der Waals surface area contributed by atoms with Crippen LogP contribution in [0.15, 0.2) is 42.5 Å². The molecule has 0 bridgehead atoms. The van der Waals surface area contributed by atoms with Gasteiger partial charge in [-0.2, -0.15) is 0 Å². The molecule has 0 saturated heterocycles. The van der Waals surface area contributed by atoms with Gasteiger partial charge in [0.05, 0.1) is 17.9 Å². The third-order valence-corrected chi connectivity index (χ3v) is 4.12. The smallest absolute Gasteiger partial charge is 0.221 e. The van der Waals surface area contributed by atoms with Crippen molar-refractivity contribution in [3.63, 3.8) is 0 Å². The summed E-state index contributed by atoms with van der Waals surface area (Å²) in [4.78, 5) is 49.5. The van der Waals surface area contributed by atoms with E-state index in [-0.39, 0.29) is 28.3 Å². The molecule has 1 aliphatic carbocycles. The Balaban J connectivity index is 1.94. The summed E-state index contributed by atoms with van der Waals surface area (Å²) in [6.07, 6.45) is 0. The van der Waals surface area contributed by atoms with E-state index in [2.05, 4.69) is 5.32 Å². The van der Waals surface area contributed by atoms with Gasteiger partial charge in [-0.1, -0.05) is 12.1 Å². The predicted molar refractivity (Wildman–Crippen MR) is 94.8 cm³/mol. The molecular weight excluding hydrogens is 334 g/mol. The molecule has 26 heavy (non-hydrogen) atoms. The van der Waals surface area contributed by atoms with Gasteiger partial charge in [0.2, 0.25) is 5.91 Å². The Bertz CT molecular complexity index is 914. The Kier molecular flexibility index (Phi) is 4.67. The summed E-state index contributed by atoms with van der Waals surface area (Å²) < 4.78 is 5.33. The van der Waals surface area contributed by atoms with Crippen molar-refractivity contribution < 1.29 is 23.9 Å². The number of anilines is 1. The molecule has 6 nitrogen and oxygen atoms in total. The number of carbonyl (C=O) groups is 4. The molecule has 1 atom stereocenters. The van der Waals surface area contributed by atoms with E-state index in [1.807, 2.05) is 6.92 Å². The lowest BCUT2D eigenvalue weighted by molar-refractivity contribution is -0.114. The maximum atomic E-state index is 12.8. The van der Waals surface area contributed by atoms with Crippen molar-refractivity contribution in [1.29, 1.82) is 0 Å². The molecule has 0 heterocycles. The van der Waals surface area contributed by atoms with Crippen molar-refractivity contribution in [1.82, 2.24) is 0 Å². The molecule has 3 rings (SSSR count). The van der Waals surface area contributed by atoms with Crippen molar-refractivity contribution in [3.05, 3.63) is 59.2 Å². The molecule has 0 aromatic heterocycles. The van der Waals surface area contributed by atoms with Gasteiger partial charge in [-0.15, -0.1) is 0 Å². The highest BCUT2D eigenvalue weighted by molar-refractivity contribution is 6.39. The van der Waals surface area contributed by atoms with Gasteiger partial charge in [0.15, 0.2) is 17.3 Å². The molecule has 2 aromatic carbocycles. The normalized spacial score (nSPS) is 15.5. The van der Waals surface area contributed by atoms with E-state index >= 15 is 0 Å². The van der Waals surface area contributed by atoms with Crippen LogP contribution in [0.3, 0.4) is 0 Å². The molecular formula is C20H17NO5. The second-order valence-corrected chi connectivity index (χ2v) is 5.89. The molecule has 1 aliphatic rings. The van der Waals surface area contributed by atoms with E-state index in [0.29, 0.717) is 12.4 Å². The monoisotopic (exact) mass is 351 g/mol. The van der Waals surface area contributed by atoms with Gasteiger partial charge < -0.3 is 10.1 Å². The van der Waals surface area contributed by atoms with Crippen molar-refractivity contribution in [2.45, 2.75) is 13.8 Å². The molecule has 1 amide bonds. The zero-order valence-electron chi connectivity index (χ0n) is 14.4. The maximum Gasteiger partial charge on any atom is 0.221 e. The minimum atomic E-state index is -1.42. The largest absolute Gasteiger partial charge is 0.494 e. The summed E-state index contributed by atoms with van der Waals surface area (Å²) in [5.41, 5.74) is 0.756. The van der Waals surface area contributed by atoms with Crippen LogP contribution >= 0.6 is 0 Å². The fourth-order valence-corrected chi connectivity index (χ4v) is 3.02. The highest BCUT2D eigenvalue weighted by Crippen LogP contribution is 2.34. The molecule has 0 aliphatic heterocycles. The number of benzene rings is 2. The lowest BCUT2D eigenvalue weighted by atomic mass is 9.93. The van der Waals surface area contributed by atoms with Crippen molar-refractivity contribution >= 4 is 28.9 Å². The van der Waals surface area contributed by atoms with Crippen molar-refractivity contribution in [2.75, 3.05) is 11.9 Å². The fourth-order valence-electron chi connectivity index (χ4n) is 3.02. The summed E-state index contributed by atoms with van der Waals surface area (Å²) in [7, 11) is 0. The number of nitrogens with one attached hydrogen (secondary N) is 1. The Morgan fingerprint density at radius 3 is 2.35 bits per heavy atom. The van der Waals surface area contributed by atoms with E-state index < -0.39 is 23.3 Å². The third-order valence-electron chi connectivity index (χ3n) is 4.12.